The van der Waals surface area contributed by atoms with Crippen LogP contribution in [-0.4, -0.2) is 24.9 Å². The number of aromatic amines is 1. The zero-order valence-corrected chi connectivity index (χ0v) is 10.0. The Bertz CT molecular complexity index is 666. The lowest BCUT2D eigenvalue weighted by Gasteiger charge is -2.05. The number of nitrogens with one attached hydrogen (secondary N) is 2. The maximum atomic E-state index is 5.83. The van der Waals surface area contributed by atoms with Crippen molar-refractivity contribution in [1.82, 2.24) is 24.9 Å². The van der Waals surface area contributed by atoms with Gasteiger partial charge >= 0.3 is 0 Å². The molecular formula is C11H9ClN6. The molecule has 0 saturated carbocycles. The van der Waals surface area contributed by atoms with Gasteiger partial charge in [0.15, 0.2) is 11.5 Å². The Balaban J connectivity index is 1.88. The molecule has 18 heavy (non-hydrogen) atoms. The standard InChI is InChI=1S/C11H9ClN6/c12-11-17-9(8-10(18-11)16-6-15-8)14-5-7-3-1-2-4-13-7/h1-4,6H,5H2,(H2,14,15,16,17,18). The van der Waals surface area contributed by atoms with Crippen LogP contribution in [0.4, 0.5) is 5.82 Å². The van der Waals surface area contributed by atoms with Gasteiger partial charge in [0.1, 0.15) is 5.52 Å². The van der Waals surface area contributed by atoms with Crippen LogP contribution in [0, 0.1) is 0 Å². The molecule has 0 spiro atoms. The summed E-state index contributed by atoms with van der Waals surface area (Å²) in [5.41, 5.74) is 2.19. The fourth-order valence-corrected chi connectivity index (χ4v) is 1.78. The van der Waals surface area contributed by atoms with Gasteiger partial charge in [0.05, 0.1) is 18.6 Å². The zero-order valence-electron chi connectivity index (χ0n) is 9.26. The minimum Gasteiger partial charge on any atom is -0.362 e. The third kappa shape index (κ3) is 2.10. The van der Waals surface area contributed by atoms with Crippen LogP contribution >= 0.6 is 11.6 Å². The molecule has 0 saturated heterocycles. The Morgan fingerprint density at radius 2 is 2.17 bits per heavy atom. The molecule has 0 aliphatic rings. The van der Waals surface area contributed by atoms with Gasteiger partial charge in [0.2, 0.25) is 5.28 Å². The first-order chi connectivity index (χ1) is 8.83. The molecule has 0 radical (unpaired) electrons. The molecule has 3 rings (SSSR count). The quantitative estimate of drug-likeness (QED) is 0.704. The fourth-order valence-electron chi connectivity index (χ4n) is 1.61. The van der Waals surface area contributed by atoms with E-state index in [0.29, 0.717) is 18.0 Å². The van der Waals surface area contributed by atoms with Gasteiger partial charge in [-0.25, -0.2) is 4.98 Å². The second-order valence-corrected chi connectivity index (χ2v) is 3.96. The number of hydrogen-bond donors (Lipinski definition) is 2. The van der Waals surface area contributed by atoms with Crippen LogP contribution in [0.15, 0.2) is 30.7 Å². The van der Waals surface area contributed by atoms with Crippen LogP contribution in [0.25, 0.3) is 11.2 Å². The van der Waals surface area contributed by atoms with E-state index in [-0.39, 0.29) is 5.28 Å². The summed E-state index contributed by atoms with van der Waals surface area (Å²) in [5, 5.41) is 3.33. The summed E-state index contributed by atoms with van der Waals surface area (Å²) < 4.78 is 0. The van der Waals surface area contributed by atoms with Gasteiger partial charge in [-0.2, -0.15) is 9.97 Å². The molecule has 0 fully saturated rings. The summed E-state index contributed by atoms with van der Waals surface area (Å²) in [5.74, 6) is 0.619. The Morgan fingerprint density at radius 1 is 1.22 bits per heavy atom. The Hall–Kier alpha value is -2.21. The third-order valence-corrected chi connectivity index (χ3v) is 2.59. The molecule has 0 bridgehead atoms. The van der Waals surface area contributed by atoms with Crippen LogP contribution in [0.1, 0.15) is 5.69 Å². The predicted molar refractivity (Wildman–Crippen MR) is 68.3 cm³/mol. The molecule has 3 aromatic rings. The lowest BCUT2D eigenvalue weighted by molar-refractivity contribution is 1.03. The topological polar surface area (TPSA) is 79.4 Å². The number of fused-ring (bicyclic) bond motifs is 1. The SMILES string of the molecule is Clc1nc(NCc2ccccn2)c2[nH]cnc2n1. The number of halogens is 1. The van der Waals surface area contributed by atoms with Gasteiger partial charge in [-0.3, -0.25) is 4.98 Å². The van der Waals surface area contributed by atoms with Crippen molar-refractivity contribution in [3.8, 4) is 0 Å². The van der Waals surface area contributed by atoms with E-state index in [1.165, 1.54) is 0 Å². The van der Waals surface area contributed by atoms with Crippen molar-refractivity contribution in [3.63, 3.8) is 0 Å². The monoisotopic (exact) mass is 260 g/mol. The number of nitrogens with zero attached hydrogens (tertiary/aromatic N) is 4. The summed E-state index contributed by atoms with van der Waals surface area (Å²) in [6, 6.07) is 5.74. The number of anilines is 1. The predicted octanol–water partition coefficient (Wildman–Crippen LogP) is 2.01. The molecule has 0 unspecified atom stereocenters. The normalized spacial score (nSPS) is 10.7. The van der Waals surface area contributed by atoms with Gasteiger partial charge in [0.25, 0.3) is 0 Å². The maximum Gasteiger partial charge on any atom is 0.226 e. The molecule has 2 N–H and O–H groups in total. The van der Waals surface area contributed by atoms with E-state index in [1.807, 2.05) is 18.2 Å². The van der Waals surface area contributed by atoms with Crippen molar-refractivity contribution in [2.75, 3.05) is 5.32 Å². The average molecular weight is 261 g/mol. The molecule has 0 atom stereocenters. The van der Waals surface area contributed by atoms with Crippen LogP contribution in [0.2, 0.25) is 5.28 Å². The second kappa shape index (κ2) is 4.58. The highest BCUT2D eigenvalue weighted by Crippen LogP contribution is 2.18. The zero-order chi connectivity index (χ0) is 12.4. The van der Waals surface area contributed by atoms with E-state index in [1.54, 1.807) is 12.5 Å². The van der Waals surface area contributed by atoms with E-state index in [2.05, 4.69) is 30.2 Å². The van der Waals surface area contributed by atoms with Gasteiger partial charge in [-0.15, -0.1) is 0 Å². The van der Waals surface area contributed by atoms with E-state index < -0.39 is 0 Å². The molecule has 0 amide bonds. The average Bonchev–Trinajstić information content (AvgIpc) is 2.85. The number of pyridine rings is 1. The highest BCUT2D eigenvalue weighted by Gasteiger charge is 2.08. The minimum absolute atomic E-state index is 0.165. The van der Waals surface area contributed by atoms with Gasteiger partial charge in [0, 0.05) is 6.20 Å². The minimum atomic E-state index is 0.165. The first-order valence-corrected chi connectivity index (χ1v) is 5.71. The lowest BCUT2D eigenvalue weighted by atomic mass is 10.3. The van der Waals surface area contributed by atoms with E-state index in [9.17, 15) is 0 Å². The van der Waals surface area contributed by atoms with Crippen LogP contribution < -0.4 is 5.32 Å². The first-order valence-electron chi connectivity index (χ1n) is 5.33. The summed E-state index contributed by atoms with van der Waals surface area (Å²) in [6.07, 6.45) is 3.30. The van der Waals surface area contributed by atoms with Crippen LogP contribution in [0.3, 0.4) is 0 Å². The van der Waals surface area contributed by atoms with E-state index >= 15 is 0 Å². The number of rotatable bonds is 3. The molecule has 90 valence electrons. The highest BCUT2D eigenvalue weighted by molar-refractivity contribution is 6.28. The summed E-state index contributed by atoms with van der Waals surface area (Å²) in [4.78, 5) is 19.4. The molecule has 0 aliphatic carbocycles. The van der Waals surface area contributed by atoms with Gasteiger partial charge in [-0.05, 0) is 23.7 Å². The number of aromatic nitrogens is 5. The number of hydrogen-bond acceptors (Lipinski definition) is 5. The van der Waals surface area contributed by atoms with Crippen molar-refractivity contribution in [3.05, 3.63) is 41.7 Å². The largest absolute Gasteiger partial charge is 0.362 e. The second-order valence-electron chi connectivity index (χ2n) is 3.62. The lowest BCUT2D eigenvalue weighted by Crippen LogP contribution is -2.04. The molecule has 3 heterocycles. The smallest absolute Gasteiger partial charge is 0.226 e. The fraction of sp³-hybridized carbons (Fsp3) is 0.0909. The summed E-state index contributed by atoms with van der Waals surface area (Å²) in [7, 11) is 0. The molecule has 7 heteroatoms. The van der Waals surface area contributed by atoms with Gasteiger partial charge in [-0.1, -0.05) is 6.07 Å². The Morgan fingerprint density at radius 3 is 3.00 bits per heavy atom. The maximum absolute atomic E-state index is 5.83. The van der Waals surface area contributed by atoms with Crippen LogP contribution in [-0.2, 0) is 6.54 Å². The highest BCUT2D eigenvalue weighted by atomic mass is 35.5. The van der Waals surface area contributed by atoms with Crippen molar-refractivity contribution < 1.29 is 0 Å². The Labute approximate surface area is 107 Å². The molecule has 0 aliphatic heterocycles. The van der Waals surface area contributed by atoms with Crippen molar-refractivity contribution in [2.45, 2.75) is 6.54 Å². The number of H-pyrrole nitrogens is 1. The van der Waals surface area contributed by atoms with Crippen LogP contribution in [0.5, 0.6) is 0 Å². The number of imidazole rings is 1. The summed E-state index contributed by atoms with van der Waals surface area (Å²) in [6.45, 7) is 0.558. The molecule has 0 aromatic carbocycles. The molecular weight excluding hydrogens is 252 g/mol. The van der Waals surface area contributed by atoms with E-state index in [0.717, 1.165) is 11.2 Å². The summed E-state index contributed by atoms with van der Waals surface area (Å²) >= 11 is 5.83. The van der Waals surface area contributed by atoms with Crippen molar-refractivity contribution >= 4 is 28.6 Å². The molecule has 6 nitrogen and oxygen atoms in total. The molecule has 3 aromatic heterocycles. The first kappa shape index (κ1) is 10.9. The van der Waals surface area contributed by atoms with E-state index in [4.69, 9.17) is 11.6 Å². The van der Waals surface area contributed by atoms with Crippen molar-refractivity contribution in [1.29, 1.82) is 0 Å². The Kier molecular flexibility index (Phi) is 2.77. The third-order valence-electron chi connectivity index (χ3n) is 2.42. The van der Waals surface area contributed by atoms with Gasteiger partial charge < -0.3 is 10.3 Å². The van der Waals surface area contributed by atoms with Crippen molar-refractivity contribution in [2.24, 2.45) is 0 Å².